The summed E-state index contributed by atoms with van der Waals surface area (Å²) < 4.78 is 40.5. The number of nitrogens with one attached hydrogen (secondary N) is 1. The van der Waals surface area contributed by atoms with Crippen LogP contribution >= 0.6 is 0 Å². The largest absolute Gasteiger partial charge is 0.416 e. The Morgan fingerprint density at radius 3 is 2.54 bits per heavy atom. The number of hydrogen-bond donors (Lipinski definition) is 1. The second kappa shape index (κ2) is 5.86. The SMILES string of the molecule is O=[N+]([O-])c1cccc2c1N[C@H](c1ccccc1C(F)(F)F)[C@@H]1CC=C[C@@H]21. The molecule has 4 rings (SSSR count). The van der Waals surface area contributed by atoms with Gasteiger partial charge in [0.25, 0.3) is 5.69 Å². The molecule has 0 unspecified atom stereocenters. The number of para-hydroxylation sites is 1. The van der Waals surface area contributed by atoms with Crippen LogP contribution < -0.4 is 5.32 Å². The van der Waals surface area contributed by atoms with Crippen LogP contribution in [0.25, 0.3) is 0 Å². The Kier molecular flexibility index (Phi) is 3.75. The van der Waals surface area contributed by atoms with Gasteiger partial charge < -0.3 is 5.32 Å². The van der Waals surface area contributed by atoms with Gasteiger partial charge in [0.15, 0.2) is 0 Å². The Morgan fingerprint density at radius 1 is 1.08 bits per heavy atom. The van der Waals surface area contributed by atoms with E-state index in [1.54, 1.807) is 18.2 Å². The van der Waals surface area contributed by atoms with Crippen molar-refractivity contribution < 1.29 is 18.1 Å². The van der Waals surface area contributed by atoms with Crippen molar-refractivity contribution in [3.63, 3.8) is 0 Å². The van der Waals surface area contributed by atoms with E-state index in [2.05, 4.69) is 5.32 Å². The van der Waals surface area contributed by atoms with E-state index in [0.717, 1.165) is 11.6 Å². The molecule has 3 atom stereocenters. The molecule has 26 heavy (non-hydrogen) atoms. The minimum atomic E-state index is -4.48. The first-order valence-electron chi connectivity index (χ1n) is 8.24. The van der Waals surface area contributed by atoms with Crippen molar-refractivity contribution in [2.24, 2.45) is 5.92 Å². The van der Waals surface area contributed by atoms with Crippen LogP contribution in [0.1, 0.15) is 35.1 Å². The van der Waals surface area contributed by atoms with Crippen LogP contribution in [0, 0.1) is 16.0 Å². The maximum absolute atomic E-state index is 13.5. The standard InChI is InChI=1S/C19H15F3N2O2/c20-19(21,22)15-9-2-1-5-14(15)17-12-7-3-6-11(12)13-8-4-10-16(24(25)26)18(13)23-17/h1-6,8-12,17,23H,7H2/t11-,12-,17+/m1/s1. The van der Waals surface area contributed by atoms with Crippen LogP contribution in [0.5, 0.6) is 0 Å². The molecule has 0 aromatic heterocycles. The molecule has 0 spiro atoms. The molecule has 0 saturated carbocycles. The number of rotatable bonds is 2. The summed E-state index contributed by atoms with van der Waals surface area (Å²) in [5.41, 5.74) is 0.384. The Balaban J connectivity index is 1.88. The predicted octanol–water partition coefficient (Wildman–Crippen LogP) is 5.44. The van der Waals surface area contributed by atoms with E-state index in [0.29, 0.717) is 12.1 Å². The molecule has 2 aromatic carbocycles. The molecule has 1 heterocycles. The fourth-order valence-corrected chi connectivity index (χ4v) is 4.09. The summed E-state index contributed by atoms with van der Waals surface area (Å²) in [6.45, 7) is 0. The van der Waals surface area contributed by atoms with Gasteiger partial charge in [-0.05, 0) is 29.5 Å². The van der Waals surface area contributed by atoms with Crippen LogP contribution in [-0.4, -0.2) is 4.92 Å². The predicted molar refractivity (Wildman–Crippen MR) is 90.9 cm³/mol. The monoisotopic (exact) mass is 360 g/mol. The summed E-state index contributed by atoms with van der Waals surface area (Å²) in [4.78, 5) is 10.9. The summed E-state index contributed by atoms with van der Waals surface area (Å²) in [7, 11) is 0. The lowest BCUT2D eigenvalue weighted by Gasteiger charge is -2.38. The minimum Gasteiger partial charge on any atom is -0.372 e. The van der Waals surface area contributed by atoms with Gasteiger partial charge >= 0.3 is 6.18 Å². The Morgan fingerprint density at radius 2 is 1.81 bits per heavy atom. The smallest absolute Gasteiger partial charge is 0.372 e. The van der Waals surface area contributed by atoms with Crippen molar-refractivity contribution in [2.75, 3.05) is 5.32 Å². The molecule has 0 radical (unpaired) electrons. The summed E-state index contributed by atoms with van der Waals surface area (Å²) in [6, 6.07) is 9.58. The van der Waals surface area contributed by atoms with Gasteiger partial charge in [0, 0.05) is 12.0 Å². The van der Waals surface area contributed by atoms with Gasteiger partial charge in [-0.15, -0.1) is 0 Å². The van der Waals surface area contributed by atoms with E-state index in [4.69, 9.17) is 0 Å². The first-order valence-corrected chi connectivity index (χ1v) is 8.24. The molecule has 1 N–H and O–H groups in total. The van der Waals surface area contributed by atoms with E-state index in [1.165, 1.54) is 18.2 Å². The van der Waals surface area contributed by atoms with Crippen molar-refractivity contribution >= 4 is 11.4 Å². The molecule has 2 aliphatic rings. The summed E-state index contributed by atoms with van der Waals surface area (Å²) in [6.07, 6.45) is 0.0186. The van der Waals surface area contributed by atoms with Crippen LogP contribution in [0.4, 0.5) is 24.5 Å². The molecule has 0 amide bonds. The van der Waals surface area contributed by atoms with Crippen molar-refractivity contribution in [1.82, 2.24) is 0 Å². The first-order chi connectivity index (χ1) is 12.4. The number of anilines is 1. The Labute approximate surface area is 147 Å². The molecule has 7 heteroatoms. The number of alkyl halides is 3. The quantitative estimate of drug-likeness (QED) is 0.441. The maximum Gasteiger partial charge on any atom is 0.416 e. The van der Waals surface area contributed by atoms with Crippen LogP contribution in [-0.2, 0) is 6.18 Å². The van der Waals surface area contributed by atoms with Gasteiger partial charge in [0.05, 0.1) is 16.5 Å². The highest BCUT2D eigenvalue weighted by molar-refractivity contribution is 5.71. The van der Waals surface area contributed by atoms with Gasteiger partial charge in [0.2, 0.25) is 0 Å². The van der Waals surface area contributed by atoms with Gasteiger partial charge in [0.1, 0.15) is 5.69 Å². The van der Waals surface area contributed by atoms with E-state index in [-0.39, 0.29) is 23.1 Å². The molecule has 1 aliphatic heterocycles. The Hall–Kier alpha value is -2.83. The molecule has 134 valence electrons. The van der Waals surface area contributed by atoms with Gasteiger partial charge in [-0.25, -0.2) is 0 Å². The minimum absolute atomic E-state index is 0.115. The first kappa shape index (κ1) is 16.6. The number of nitro benzene ring substituents is 1. The third-order valence-electron chi connectivity index (χ3n) is 5.17. The average molecular weight is 360 g/mol. The lowest BCUT2D eigenvalue weighted by molar-refractivity contribution is -0.384. The average Bonchev–Trinajstić information content (AvgIpc) is 3.09. The maximum atomic E-state index is 13.5. The van der Waals surface area contributed by atoms with Crippen LogP contribution in [0.15, 0.2) is 54.6 Å². The summed E-state index contributed by atoms with van der Waals surface area (Å²) in [5, 5.41) is 14.5. The number of benzene rings is 2. The van der Waals surface area contributed by atoms with E-state index in [1.807, 2.05) is 12.2 Å². The number of fused-ring (bicyclic) bond motifs is 3. The van der Waals surface area contributed by atoms with E-state index < -0.39 is 22.7 Å². The highest BCUT2D eigenvalue weighted by Gasteiger charge is 2.43. The fourth-order valence-electron chi connectivity index (χ4n) is 4.09. The number of halogens is 3. The van der Waals surface area contributed by atoms with Gasteiger partial charge in [-0.2, -0.15) is 13.2 Å². The van der Waals surface area contributed by atoms with E-state index in [9.17, 15) is 23.3 Å². The second-order valence-electron chi connectivity index (χ2n) is 6.56. The number of nitro groups is 1. The molecule has 4 nitrogen and oxygen atoms in total. The van der Waals surface area contributed by atoms with Crippen molar-refractivity contribution in [1.29, 1.82) is 0 Å². The molecule has 2 aromatic rings. The Bertz CT molecular complexity index is 908. The zero-order chi connectivity index (χ0) is 18.5. The summed E-state index contributed by atoms with van der Waals surface area (Å²) in [5.74, 6) is -0.259. The normalized spacial score (nSPS) is 23.9. The van der Waals surface area contributed by atoms with Crippen LogP contribution in [0.2, 0.25) is 0 Å². The fraction of sp³-hybridized carbons (Fsp3) is 0.263. The van der Waals surface area contributed by atoms with E-state index >= 15 is 0 Å². The third-order valence-corrected chi connectivity index (χ3v) is 5.17. The number of hydrogen-bond acceptors (Lipinski definition) is 3. The van der Waals surface area contributed by atoms with Crippen molar-refractivity contribution in [3.05, 3.63) is 81.4 Å². The van der Waals surface area contributed by atoms with Gasteiger partial charge in [-0.1, -0.05) is 42.5 Å². The number of nitrogens with zero attached hydrogens (tertiary/aromatic N) is 1. The zero-order valence-electron chi connectivity index (χ0n) is 13.5. The molecule has 0 bridgehead atoms. The lowest BCUT2D eigenvalue weighted by Crippen LogP contribution is -2.31. The van der Waals surface area contributed by atoms with Crippen molar-refractivity contribution in [2.45, 2.75) is 24.6 Å². The highest BCUT2D eigenvalue weighted by atomic mass is 19.4. The topological polar surface area (TPSA) is 55.2 Å². The third kappa shape index (κ3) is 2.55. The molecular weight excluding hydrogens is 345 g/mol. The molecular formula is C19H15F3N2O2. The van der Waals surface area contributed by atoms with Gasteiger partial charge in [-0.3, -0.25) is 10.1 Å². The number of allylic oxidation sites excluding steroid dienone is 2. The van der Waals surface area contributed by atoms with Crippen LogP contribution in [0.3, 0.4) is 0 Å². The molecule has 1 aliphatic carbocycles. The second-order valence-corrected chi connectivity index (χ2v) is 6.56. The molecule has 0 saturated heterocycles. The zero-order valence-corrected chi connectivity index (χ0v) is 13.5. The molecule has 0 fully saturated rings. The van der Waals surface area contributed by atoms with Crippen molar-refractivity contribution in [3.8, 4) is 0 Å². The lowest BCUT2D eigenvalue weighted by atomic mass is 9.76. The highest BCUT2D eigenvalue weighted by Crippen LogP contribution is 2.53. The summed E-state index contributed by atoms with van der Waals surface area (Å²) >= 11 is 0.